The number of rotatable bonds is 5. The lowest BCUT2D eigenvalue weighted by Crippen LogP contribution is -2.43. The first-order valence-corrected chi connectivity index (χ1v) is 10.7. The van der Waals surface area contributed by atoms with Crippen molar-refractivity contribution in [1.29, 1.82) is 0 Å². The van der Waals surface area contributed by atoms with Crippen molar-refractivity contribution in [3.05, 3.63) is 34.8 Å². The average molecular weight is 416 g/mol. The normalized spacial score (nSPS) is 22.1. The van der Waals surface area contributed by atoms with Crippen molar-refractivity contribution < 1.29 is 19.1 Å². The lowest BCUT2D eigenvalue weighted by molar-refractivity contribution is -0.137. The van der Waals surface area contributed by atoms with Crippen LogP contribution in [0.3, 0.4) is 0 Å². The van der Waals surface area contributed by atoms with Gasteiger partial charge in [0, 0.05) is 49.6 Å². The molecule has 0 N–H and O–H groups in total. The minimum absolute atomic E-state index is 0.0592. The van der Waals surface area contributed by atoms with E-state index in [0.717, 1.165) is 24.4 Å². The fourth-order valence-electron chi connectivity index (χ4n) is 4.19. The number of thiazole rings is 1. The van der Waals surface area contributed by atoms with Crippen LogP contribution in [0.4, 0.5) is 5.69 Å². The third-order valence-electron chi connectivity index (χ3n) is 5.68. The van der Waals surface area contributed by atoms with E-state index < -0.39 is 0 Å². The van der Waals surface area contributed by atoms with Crippen molar-refractivity contribution in [2.75, 3.05) is 38.8 Å². The number of piperidine rings is 1. The Kier molecular flexibility index (Phi) is 5.71. The Balaban J connectivity index is 1.48. The summed E-state index contributed by atoms with van der Waals surface area (Å²) in [7, 11) is 3.15. The maximum absolute atomic E-state index is 13.2. The van der Waals surface area contributed by atoms with E-state index in [-0.39, 0.29) is 24.2 Å². The molecule has 0 saturated carbocycles. The number of ether oxygens (including phenoxy) is 2. The molecule has 2 aliphatic heterocycles. The molecule has 1 aromatic carbocycles. The molecule has 4 rings (SSSR count). The molecule has 2 fully saturated rings. The van der Waals surface area contributed by atoms with Crippen molar-refractivity contribution in [2.45, 2.75) is 25.2 Å². The minimum atomic E-state index is -0.339. The number of benzene rings is 1. The summed E-state index contributed by atoms with van der Waals surface area (Å²) >= 11 is 1.64. The summed E-state index contributed by atoms with van der Waals surface area (Å²) in [4.78, 5) is 33.9. The van der Waals surface area contributed by atoms with Gasteiger partial charge in [0.25, 0.3) is 0 Å². The number of hydrogen-bond acceptors (Lipinski definition) is 6. The van der Waals surface area contributed by atoms with E-state index in [1.54, 1.807) is 48.7 Å². The Hall–Kier alpha value is -2.61. The zero-order valence-electron chi connectivity index (χ0n) is 16.7. The molecule has 2 atom stereocenters. The highest BCUT2D eigenvalue weighted by Crippen LogP contribution is 2.37. The van der Waals surface area contributed by atoms with Crippen LogP contribution in [-0.2, 0) is 9.59 Å². The van der Waals surface area contributed by atoms with E-state index in [0.29, 0.717) is 36.2 Å². The second-order valence-electron chi connectivity index (χ2n) is 7.44. The smallest absolute Gasteiger partial charge is 0.228 e. The maximum Gasteiger partial charge on any atom is 0.228 e. The Bertz CT molecular complexity index is 886. The lowest BCUT2D eigenvalue weighted by atomic mass is 9.96. The van der Waals surface area contributed by atoms with Gasteiger partial charge < -0.3 is 19.3 Å². The van der Waals surface area contributed by atoms with Gasteiger partial charge in [0.1, 0.15) is 11.5 Å². The molecule has 0 radical (unpaired) electrons. The maximum atomic E-state index is 13.2. The molecule has 2 saturated heterocycles. The van der Waals surface area contributed by atoms with Crippen molar-refractivity contribution in [1.82, 2.24) is 9.88 Å². The van der Waals surface area contributed by atoms with Crippen LogP contribution in [0.25, 0.3) is 0 Å². The molecule has 1 aromatic heterocycles. The Morgan fingerprint density at radius 2 is 2.10 bits per heavy atom. The van der Waals surface area contributed by atoms with Gasteiger partial charge in [0.2, 0.25) is 11.8 Å². The summed E-state index contributed by atoms with van der Waals surface area (Å²) in [5.74, 6) is 1.18. The molecule has 0 aliphatic carbocycles. The standard InChI is InChI=1S/C21H25N3O4S/c1-27-16-5-6-18(28-2)17(11-16)24-13-15(10-19(24)25)21(26)23-8-3-4-14(12-23)20-22-7-9-29-20/h5-7,9,11,14-15H,3-4,8,10,12-13H2,1-2H3. The highest BCUT2D eigenvalue weighted by molar-refractivity contribution is 7.09. The van der Waals surface area contributed by atoms with Gasteiger partial charge in [-0.1, -0.05) is 0 Å². The fraction of sp³-hybridized carbons (Fsp3) is 0.476. The van der Waals surface area contributed by atoms with Gasteiger partial charge in [-0.15, -0.1) is 11.3 Å². The second-order valence-corrected chi connectivity index (χ2v) is 8.36. The Morgan fingerprint density at radius 1 is 1.24 bits per heavy atom. The van der Waals surface area contributed by atoms with E-state index >= 15 is 0 Å². The third-order valence-corrected chi connectivity index (χ3v) is 6.62. The number of carbonyl (C=O) groups is 2. The van der Waals surface area contributed by atoms with E-state index in [4.69, 9.17) is 9.47 Å². The number of aromatic nitrogens is 1. The van der Waals surface area contributed by atoms with Crippen LogP contribution in [0.15, 0.2) is 29.8 Å². The molecular formula is C21H25N3O4S. The molecular weight excluding hydrogens is 390 g/mol. The predicted octanol–water partition coefficient (Wildman–Crippen LogP) is 2.92. The van der Waals surface area contributed by atoms with Crippen molar-refractivity contribution in [3.8, 4) is 11.5 Å². The van der Waals surface area contributed by atoms with E-state index in [2.05, 4.69) is 4.98 Å². The van der Waals surface area contributed by atoms with Gasteiger partial charge >= 0.3 is 0 Å². The van der Waals surface area contributed by atoms with E-state index in [1.807, 2.05) is 16.5 Å². The van der Waals surface area contributed by atoms with Crippen molar-refractivity contribution >= 4 is 28.8 Å². The van der Waals surface area contributed by atoms with Crippen LogP contribution in [0, 0.1) is 5.92 Å². The highest BCUT2D eigenvalue weighted by atomic mass is 32.1. The topological polar surface area (TPSA) is 72.0 Å². The van der Waals surface area contributed by atoms with Crippen LogP contribution >= 0.6 is 11.3 Å². The summed E-state index contributed by atoms with van der Waals surface area (Å²) in [6.07, 6.45) is 4.05. The molecule has 2 aromatic rings. The van der Waals surface area contributed by atoms with Gasteiger partial charge in [-0.05, 0) is 25.0 Å². The van der Waals surface area contributed by atoms with Crippen LogP contribution in [0.2, 0.25) is 0 Å². The Labute approximate surface area is 174 Å². The number of nitrogens with zero attached hydrogens (tertiary/aromatic N) is 3. The predicted molar refractivity (Wildman–Crippen MR) is 111 cm³/mol. The first-order chi connectivity index (χ1) is 14.1. The first-order valence-electron chi connectivity index (χ1n) is 9.81. The van der Waals surface area contributed by atoms with Crippen molar-refractivity contribution in [2.24, 2.45) is 5.92 Å². The van der Waals surface area contributed by atoms with Gasteiger partial charge in [-0.25, -0.2) is 4.98 Å². The van der Waals surface area contributed by atoms with Crippen LogP contribution in [0.5, 0.6) is 11.5 Å². The minimum Gasteiger partial charge on any atom is -0.497 e. The summed E-state index contributed by atoms with van der Waals surface area (Å²) < 4.78 is 10.7. The second kappa shape index (κ2) is 8.41. The number of anilines is 1. The van der Waals surface area contributed by atoms with E-state index in [1.165, 1.54) is 0 Å². The number of likely N-dealkylation sites (tertiary alicyclic amines) is 1. The Morgan fingerprint density at radius 3 is 2.83 bits per heavy atom. The zero-order valence-corrected chi connectivity index (χ0v) is 17.5. The summed E-state index contributed by atoms with van der Waals surface area (Å²) in [5, 5.41) is 3.07. The lowest BCUT2D eigenvalue weighted by Gasteiger charge is -2.33. The number of amides is 2. The third kappa shape index (κ3) is 3.94. The number of methoxy groups -OCH3 is 2. The summed E-state index contributed by atoms with van der Waals surface area (Å²) in [6, 6.07) is 5.35. The molecule has 2 amide bonds. The fourth-order valence-corrected chi connectivity index (χ4v) is 4.95. The largest absolute Gasteiger partial charge is 0.497 e. The highest BCUT2D eigenvalue weighted by Gasteiger charge is 2.39. The van der Waals surface area contributed by atoms with Crippen molar-refractivity contribution in [3.63, 3.8) is 0 Å². The molecule has 2 aliphatic rings. The van der Waals surface area contributed by atoms with Gasteiger partial charge in [0.05, 0.1) is 30.8 Å². The molecule has 0 bridgehead atoms. The number of carbonyl (C=O) groups excluding carboxylic acids is 2. The molecule has 2 unspecified atom stereocenters. The monoisotopic (exact) mass is 415 g/mol. The SMILES string of the molecule is COc1ccc(OC)c(N2CC(C(=O)N3CCCC(c4nccs4)C3)CC2=O)c1. The number of hydrogen-bond donors (Lipinski definition) is 0. The molecule has 29 heavy (non-hydrogen) atoms. The molecule has 8 heteroatoms. The average Bonchev–Trinajstić information content (AvgIpc) is 3.43. The molecule has 154 valence electrons. The van der Waals surface area contributed by atoms with E-state index in [9.17, 15) is 9.59 Å². The summed E-state index contributed by atoms with van der Waals surface area (Å²) in [6.45, 7) is 1.78. The first kappa shape index (κ1) is 19.7. The van der Waals surface area contributed by atoms with Gasteiger partial charge in [-0.2, -0.15) is 0 Å². The van der Waals surface area contributed by atoms with Crippen LogP contribution in [-0.4, -0.2) is 55.6 Å². The zero-order chi connectivity index (χ0) is 20.4. The molecule has 7 nitrogen and oxygen atoms in total. The van der Waals surface area contributed by atoms with Crippen LogP contribution < -0.4 is 14.4 Å². The molecule has 3 heterocycles. The van der Waals surface area contributed by atoms with Gasteiger partial charge in [-0.3, -0.25) is 9.59 Å². The van der Waals surface area contributed by atoms with Gasteiger partial charge in [0.15, 0.2) is 0 Å². The summed E-state index contributed by atoms with van der Waals surface area (Å²) in [5.41, 5.74) is 0.645. The molecule has 0 spiro atoms. The van der Waals surface area contributed by atoms with Crippen LogP contribution in [0.1, 0.15) is 30.2 Å². The quantitative estimate of drug-likeness (QED) is 0.751.